The van der Waals surface area contributed by atoms with Crippen LogP contribution in [-0.4, -0.2) is 16.1 Å². The Morgan fingerprint density at radius 3 is 1.16 bits per heavy atom. The maximum absolute atomic E-state index is 6.83. The number of para-hydroxylation sites is 4. The molecule has 0 fully saturated rings. The molecule has 0 saturated carbocycles. The summed E-state index contributed by atoms with van der Waals surface area (Å²) in [7, 11) is -4.53. The molecule has 0 bridgehead atoms. The zero-order chi connectivity index (χ0) is 37.2. The van der Waals surface area contributed by atoms with Gasteiger partial charge < -0.3 is 17.7 Å². The minimum absolute atomic E-state index is 0.846. The molecule has 0 N–H and O–H groups in total. The Bertz CT molecular complexity index is 3250. The summed E-state index contributed by atoms with van der Waals surface area (Å²) < 4.78 is 26.8. The molecule has 56 heavy (non-hydrogen) atoms. The quantitative estimate of drug-likeness (QED) is 0.165. The first kappa shape index (κ1) is 30.9. The maximum atomic E-state index is 6.83. The number of hydrogen-bond donors (Lipinski definition) is 0. The van der Waals surface area contributed by atoms with E-state index < -0.39 is 16.1 Å². The van der Waals surface area contributed by atoms with Crippen molar-refractivity contribution in [1.29, 1.82) is 0 Å². The molecule has 7 aromatic carbocycles. The van der Waals surface area contributed by atoms with E-state index in [-0.39, 0.29) is 0 Å². The average molecular weight is 755 g/mol. The van der Waals surface area contributed by atoms with Crippen molar-refractivity contribution < 1.29 is 17.7 Å². The lowest BCUT2D eigenvalue weighted by Crippen LogP contribution is -2.51. The lowest BCUT2D eigenvalue weighted by Gasteiger charge is -2.22. The van der Waals surface area contributed by atoms with Gasteiger partial charge in [-0.1, -0.05) is 111 Å². The van der Waals surface area contributed by atoms with Crippen LogP contribution in [-0.2, 0) is 0 Å². The van der Waals surface area contributed by atoms with Crippen LogP contribution >= 0.6 is 0 Å². The molecule has 4 nitrogen and oxygen atoms in total. The van der Waals surface area contributed by atoms with Gasteiger partial charge in [-0.25, -0.2) is 0 Å². The van der Waals surface area contributed by atoms with Gasteiger partial charge >= 0.3 is 0 Å². The van der Waals surface area contributed by atoms with E-state index in [1.807, 2.05) is 24.3 Å². The minimum atomic E-state index is -2.27. The third kappa shape index (κ3) is 3.78. The van der Waals surface area contributed by atoms with E-state index in [0.717, 1.165) is 77.7 Å². The molecule has 0 radical (unpaired) electrons. The highest BCUT2D eigenvalue weighted by Crippen LogP contribution is 2.48. The minimum Gasteiger partial charge on any atom is -0.456 e. The fourth-order valence-corrected chi connectivity index (χ4v) is 16.4. The maximum Gasteiger partial charge on any atom is 0.147 e. The Kier molecular flexibility index (Phi) is 5.68. The van der Waals surface area contributed by atoms with Crippen LogP contribution in [0.2, 0.25) is 26.2 Å². The van der Waals surface area contributed by atoms with E-state index in [2.05, 4.69) is 135 Å². The molecule has 0 atom stereocenters. The second-order valence-electron chi connectivity index (χ2n) is 16.8. The highest BCUT2D eigenvalue weighted by molar-refractivity contribution is 7.06. The molecule has 0 aliphatic carbocycles. The van der Waals surface area contributed by atoms with Crippen LogP contribution in [0, 0.1) is 0 Å². The van der Waals surface area contributed by atoms with Gasteiger partial charge in [-0.05, 0) is 91.5 Å². The van der Waals surface area contributed by atoms with Crippen molar-refractivity contribution in [3.05, 3.63) is 133 Å². The number of rotatable bonds is 2. The van der Waals surface area contributed by atoms with Crippen molar-refractivity contribution in [3.63, 3.8) is 0 Å². The summed E-state index contributed by atoms with van der Waals surface area (Å²) in [5, 5.41) is 12.7. The number of fused-ring (bicyclic) bond motifs is 16. The van der Waals surface area contributed by atoms with Gasteiger partial charge in [-0.3, -0.25) is 0 Å². The van der Waals surface area contributed by atoms with Gasteiger partial charge in [-0.2, -0.15) is 0 Å². The van der Waals surface area contributed by atoms with Crippen LogP contribution in [0.1, 0.15) is 0 Å². The number of furan rings is 4. The van der Waals surface area contributed by atoms with Crippen LogP contribution < -0.4 is 20.7 Å². The van der Waals surface area contributed by atoms with Gasteiger partial charge in [-0.15, -0.1) is 0 Å². The van der Waals surface area contributed by atoms with Crippen LogP contribution in [0.15, 0.2) is 151 Å². The Morgan fingerprint density at radius 2 is 0.732 bits per heavy atom. The van der Waals surface area contributed by atoms with Gasteiger partial charge in [0, 0.05) is 32.3 Å². The Labute approximate surface area is 323 Å². The van der Waals surface area contributed by atoms with Crippen LogP contribution in [0.3, 0.4) is 0 Å². The zero-order valence-electron chi connectivity index (χ0n) is 31.3. The van der Waals surface area contributed by atoms with Crippen LogP contribution in [0.25, 0.3) is 111 Å². The largest absolute Gasteiger partial charge is 0.456 e. The fourth-order valence-electron chi connectivity index (χ4n) is 10.3. The highest BCUT2D eigenvalue weighted by Gasteiger charge is 2.46. The van der Waals surface area contributed by atoms with Gasteiger partial charge in [0.15, 0.2) is 0 Å². The van der Waals surface area contributed by atoms with E-state index in [4.69, 9.17) is 17.7 Å². The lowest BCUT2D eigenvalue weighted by atomic mass is 9.93. The molecule has 6 heterocycles. The zero-order valence-corrected chi connectivity index (χ0v) is 33.3. The van der Waals surface area contributed by atoms with Crippen LogP contribution in [0.5, 0.6) is 0 Å². The fraction of sp³-hybridized carbons (Fsp3) is 0.0800. The normalized spacial score (nSPS) is 15.1. The number of benzene rings is 7. The van der Waals surface area contributed by atoms with E-state index in [0.29, 0.717) is 0 Å². The SMILES string of the molecule is C[Si]1(C)c2cc3c(cc2-c2c1cc(-c1cc4ccccc4o1)c1oc4ccccc4c21)[Si](C)(C)c1cc(-c2cc4ccccc4o2)c2oc4ccccc4c2c1-3. The number of hydrogen-bond acceptors (Lipinski definition) is 4. The first-order chi connectivity index (χ1) is 27.3. The third-order valence-corrected chi connectivity index (χ3v) is 20.1. The molecule has 6 heteroatoms. The van der Waals surface area contributed by atoms with Crippen molar-refractivity contribution in [2.75, 3.05) is 0 Å². The monoisotopic (exact) mass is 754 g/mol. The lowest BCUT2D eigenvalue weighted by molar-refractivity contribution is 0.625. The summed E-state index contributed by atoms with van der Waals surface area (Å²) in [5.41, 5.74) is 12.8. The molecule has 0 amide bonds. The van der Waals surface area contributed by atoms with E-state index in [9.17, 15) is 0 Å². The first-order valence-corrected chi connectivity index (χ1v) is 25.4. The Hall–Kier alpha value is -6.35. The van der Waals surface area contributed by atoms with Crippen molar-refractivity contribution >= 4 is 103 Å². The van der Waals surface area contributed by atoms with Crippen molar-refractivity contribution in [1.82, 2.24) is 0 Å². The van der Waals surface area contributed by atoms with Crippen molar-refractivity contribution in [2.24, 2.45) is 0 Å². The molecule has 4 aromatic heterocycles. The molecule has 13 rings (SSSR count). The topological polar surface area (TPSA) is 52.6 Å². The van der Waals surface area contributed by atoms with Gasteiger partial charge in [0.1, 0.15) is 61.2 Å². The second kappa shape index (κ2) is 10.3. The first-order valence-electron chi connectivity index (χ1n) is 19.4. The summed E-state index contributed by atoms with van der Waals surface area (Å²) in [4.78, 5) is 0. The summed E-state index contributed by atoms with van der Waals surface area (Å²) in [6.45, 7) is 10.1. The van der Waals surface area contributed by atoms with E-state index >= 15 is 0 Å². The molecule has 0 spiro atoms. The smallest absolute Gasteiger partial charge is 0.147 e. The summed E-state index contributed by atoms with van der Waals surface area (Å²) in [6, 6.07) is 47.9. The summed E-state index contributed by atoms with van der Waals surface area (Å²) >= 11 is 0. The molecule has 11 aromatic rings. The van der Waals surface area contributed by atoms with Crippen molar-refractivity contribution in [2.45, 2.75) is 26.2 Å². The van der Waals surface area contributed by atoms with E-state index in [1.165, 1.54) is 53.8 Å². The molecule has 2 aliphatic heterocycles. The second-order valence-corrected chi connectivity index (χ2v) is 25.4. The summed E-state index contributed by atoms with van der Waals surface area (Å²) in [5.74, 6) is 1.69. The van der Waals surface area contributed by atoms with E-state index in [1.54, 1.807) is 0 Å². The standard InChI is InChI=1S/C50H34O4Si2/c1-55(2)41-25-34-42(26-33(41)45-43(55)23-31(39-21-27-13-5-9-17-35(27)51-39)49-47(45)29-15-7-11-19-37(29)53-49)56(3,4)44-24-32(40-22-28-14-6-10-18-36(28)52-40)50-48(46(34)44)30-16-8-12-20-38(30)54-50/h5-26H,1-4H3. The van der Waals surface area contributed by atoms with Gasteiger partial charge in [0.2, 0.25) is 0 Å². The summed E-state index contributed by atoms with van der Waals surface area (Å²) in [6.07, 6.45) is 0. The molecular formula is C50H34O4Si2. The molecule has 0 unspecified atom stereocenters. The van der Waals surface area contributed by atoms with Gasteiger partial charge in [0.05, 0.1) is 11.1 Å². The molecule has 266 valence electrons. The van der Waals surface area contributed by atoms with Crippen molar-refractivity contribution in [3.8, 4) is 44.9 Å². The van der Waals surface area contributed by atoms with Gasteiger partial charge in [0.25, 0.3) is 0 Å². The molecular weight excluding hydrogens is 721 g/mol. The average Bonchev–Trinajstić information content (AvgIpc) is 4.05. The Balaban J connectivity index is 1.11. The Morgan fingerprint density at radius 1 is 0.357 bits per heavy atom. The molecule has 0 saturated heterocycles. The predicted molar refractivity (Wildman–Crippen MR) is 236 cm³/mol. The highest BCUT2D eigenvalue weighted by atomic mass is 28.3. The molecule has 2 aliphatic rings. The van der Waals surface area contributed by atoms with Crippen LogP contribution in [0.4, 0.5) is 0 Å². The predicted octanol–water partition coefficient (Wildman–Crippen LogP) is 11.9. The third-order valence-electron chi connectivity index (χ3n) is 13.1.